The van der Waals surface area contributed by atoms with Gasteiger partial charge in [0.25, 0.3) is 5.69 Å². The molecule has 4 rings (SSSR count). The van der Waals surface area contributed by atoms with Gasteiger partial charge in [-0.1, -0.05) is 12.1 Å². The summed E-state index contributed by atoms with van der Waals surface area (Å²) >= 11 is 0. The largest absolute Gasteiger partial charge is 0.383 e. The van der Waals surface area contributed by atoms with Crippen LogP contribution in [0.5, 0.6) is 0 Å². The predicted molar refractivity (Wildman–Crippen MR) is 102 cm³/mol. The summed E-state index contributed by atoms with van der Waals surface area (Å²) in [5.74, 6) is 0.399. The van der Waals surface area contributed by atoms with Crippen molar-refractivity contribution in [3.8, 4) is 11.1 Å². The third-order valence-corrected chi connectivity index (χ3v) is 4.58. The number of nitro benzene ring substituents is 1. The molecule has 0 radical (unpaired) electrons. The molecule has 8 heteroatoms. The first kappa shape index (κ1) is 15.8. The second-order valence-corrected chi connectivity index (χ2v) is 6.23. The summed E-state index contributed by atoms with van der Waals surface area (Å²) in [4.78, 5) is 19.3. The zero-order valence-electron chi connectivity index (χ0n) is 14.2. The zero-order chi connectivity index (χ0) is 18.6. The van der Waals surface area contributed by atoms with E-state index < -0.39 is 0 Å². The monoisotopic (exact) mass is 348 g/mol. The number of nitrogen functional groups attached to an aromatic ring is 2. The molecule has 26 heavy (non-hydrogen) atoms. The summed E-state index contributed by atoms with van der Waals surface area (Å²) in [5.41, 5.74) is 15.6. The highest BCUT2D eigenvalue weighted by Crippen LogP contribution is 2.38. The van der Waals surface area contributed by atoms with Crippen LogP contribution in [0.4, 0.5) is 17.5 Å². The lowest BCUT2D eigenvalue weighted by Crippen LogP contribution is -2.01. The first-order chi connectivity index (χ1) is 12.4. The summed E-state index contributed by atoms with van der Waals surface area (Å²) in [7, 11) is 1.91. The van der Waals surface area contributed by atoms with Crippen LogP contribution in [0, 0.1) is 17.0 Å². The van der Waals surface area contributed by atoms with Crippen LogP contribution in [0.1, 0.15) is 5.56 Å². The maximum Gasteiger partial charge on any atom is 0.272 e. The minimum absolute atomic E-state index is 0.0756. The van der Waals surface area contributed by atoms with E-state index in [2.05, 4.69) is 9.97 Å². The molecule has 2 aromatic carbocycles. The highest BCUT2D eigenvalue weighted by molar-refractivity contribution is 6.15. The lowest BCUT2D eigenvalue weighted by Gasteiger charge is -2.11. The maximum absolute atomic E-state index is 11.3. The fraction of sp³-hybridized carbons (Fsp3) is 0.111. The van der Waals surface area contributed by atoms with E-state index in [0.717, 1.165) is 27.4 Å². The third kappa shape index (κ3) is 2.23. The molecule has 0 unspecified atom stereocenters. The molecule has 0 aliphatic heterocycles. The van der Waals surface area contributed by atoms with Crippen LogP contribution in [-0.4, -0.2) is 19.5 Å². The number of aromatic nitrogens is 3. The van der Waals surface area contributed by atoms with E-state index in [-0.39, 0.29) is 16.6 Å². The van der Waals surface area contributed by atoms with Crippen molar-refractivity contribution in [3.05, 3.63) is 52.2 Å². The van der Waals surface area contributed by atoms with Gasteiger partial charge >= 0.3 is 0 Å². The number of nitrogens with two attached hydrogens (primary N) is 2. The maximum atomic E-state index is 11.3. The van der Waals surface area contributed by atoms with Crippen LogP contribution >= 0.6 is 0 Å². The molecule has 2 heterocycles. The van der Waals surface area contributed by atoms with E-state index in [0.29, 0.717) is 16.9 Å². The van der Waals surface area contributed by atoms with Crippen LogP contribution < -0.4 is 11.5 Å². The van der Waals surface area contributed by atoms with Crippen molar-refractivity contribution < 1.29 is 4.92 Å². The smallest absolute Gasteiger partial charge is 0.272 e. The highest BCUT2D eigenvalue weighted by Gasteiger charge is 2.18. The number of fused-ring (bicyclic) bond motifs is 3. The van der Waals surface area contributed by atoms with E-state index in [1.165, 1.54) is 0 Å². The third-order valence-electron chi connectivity index (χ3n) is 4.58. The Morgan fingerprint density at radius 3 is 2.65 bits per heavy atom. The summed E-state index contributed by atoms with van der Waals surface area (Å²) in [6, 6.07) is 8.97. The number of anilines is 2. The van der Waals surface area contributed by atoms with Crippen LogP contribution in [0.15, 0.2) is 36.5 Å². The number of aryl methyl sites for hydroxylation is 2. The number of benzene rings is 2. The van der Waals surface area contributed by atoms with Crippen molar-refractivity contribution in [2.45, 2.75) is 6.92 Å². The Kier molecular flexibility index (Phi) is 3.30. The summed E-state index contributed by atoms with van der Waals surface area (Å²) in [5, 5.41) is 12.9. The Hall–Kier alpha value is -3.68. The molecule has 0 saturated carbocycles. The Morgan fingerprint density at radius 1 is 1.15 bits per heavy atom. The minimum atomic E-state index is -0.375. The Labute approximate surface area is 148 Å². The minimum Gasteiger partial charge on any atom is -0.383 e. The lowest BCUT2D eigenvalue weighted by molar-refractivity contribution is -0.385. The molecule has 8 nitrogen and oxygen atoms in total. The second kappa shape index (κ2) is 5.41. The quantitative estimate of drug-likeness (QED) is 0.423. The fourth-order valence-electron chi connectivity index (χ4n) is 3.36. The molecular weight excluding hydrogens is 332 g/mol. The molecular formula is C18H16N6O2. The molecule has 0 aliphatic rings. The molecule has 0 amide bonds. The lowest BCUT2D eigenvalue weighted by atomic mass is 9.98. The van der Waals surface area contributed by atoms with Crippen molar-refractivity contribution in [2.75, 3.05) is 11.5 Å². The number of rotatable bonds is 2. The number of hydrogen-bond acceptors (Lipinski definition) is 6. The van der Waals surface area contributed by atoms with Crippen molar-refractivity contribution >= 4 is 39.3 Å². The van der Waals surface area contributed by atoms with Gasteiger partial charge in [0.05, 0.1) is 21.3 Å². The van der Waals surface area contributed by atoms with E-state index in [9.17, 15) is 10.1 Å². The zero-order valence-corrected chi connectivity index (χ0v) is 14.2. The Bertz CT molecular complexity index is 1210. The van der Waals surface area contributed by atoms with Crippen LogP contribution in [0.25, 0.3) is 32.9 Å². The van der Waals surface area contributed by atoms with Gasteiger partial charge in [0.15, 0.2) is 0 Å². The molecule has 4 aromatic rings. The molecule has 4 N–H and O–H groups in total. The summed E-state index contributed by atoms with van der Waals surface area (Å²) in [6.45, 7) is 1.72. The number of hydrogen-bond donors (Lipinski definition) is 2. The van der Waals surface area contributed by atoms with Crippen LogP contribution in [-0.2, 0) is 7.05 Å². The fourth-order valence-corrected chi connectivity index (χ4v) is 3.36. The van der Waals surface area contributed by atoms with Crippen molar-refractivity contribution in [1.29, 1.82) is 0 Å². The predicted octanol–water partition coefficient (Wildman–Crippen LogP) is 3.17. The van der Waals surface area contributed by atoms with E-state index in [1.54, 1.807) is 19.1 Å². The first-order valence-electron chi connectivity index (χ1n) is 7.93. The molecule has 0 fully saturated rings. The molecule has 2 aromatic heterocycles. The van der Waals surface area contributed by atoms with Gasteiger partial charge in [0, 0.05) is 35.8 Å². The van der Waals surface area contributed by atoms with Gasteiger partial charge in [-0.15, -0.1) is 0 Å². The molecule has 0 saturated heterocycles. The van der Waals surface area contributed by atoms with Gasteiger partial charge in [0.1, 0.15) is 5.82 Å². The van der Waals surface area contributed by atoms with Gasteiger partial charge in [-0.25, -0.2) is 4.98 Å². The number of nitrogens with zero attached hydrogens (tertiary/aromatic N) is 4. The molecule has 130 valence electrons. The second-order valence-electron chi connectivity index (χ2n) is 6.23. The Morgan fingerprint density at radius 2 is 1.92 bits per heavy atom. The van der Waals surface area contributed by atoms with Crippen molar-refractivity contribution in [3.63, 3.8) is 0 Å². The average Bonchev–Trinajstić information content (AvgIpc) is 2.95. The van der Waals surface area contributed by atoms with Gasteiger partial charge in [0.2, 0.25) is 5.95 Å². The van der Waals surface area contributed by atoms with E-state index in [1.807, 2.05) is 36.0 Å². The van der Waals surface area contributed by atoms with E-state index >= 15 is 0 Å². The number of nitro groups is 1. The SMILES string of the molecule is Cc1ccc(-c2cc3nc(N)nc(N)c3c3ccn(C)c23)cc1[N+](=O)[O-]. The molecule has 0 atom stereocenters. The van der Waals surface area contributed by atoms with Gasteiger partial charge in [-0.3, -0.25) is 10.1 Å². The van der Waals surface area contributed by atoms with Gasteiger partial charge < -0.3 is 16.0 Å². The topological polar surface area (TPSA) is 126 Å². The molecule has 0 spiro atoms. The normalized spacial score (nSPS) is 11.3. The van der Waals surface area contributed by atoms with Gasteiger partial charge in [-0.2, -0.15) is 4.98 Å². The van der Waals surface area contributed by atoms with E-state index in [4.69, 9.17) is 11.5 Å². The Balaban J connectivity index is 2.14. The van der Waals surface area contributed by atoms with Crippen LogP contribution in [0.2, 0.25) is 0 Å². The summed E-state index contributed by atoms with van der Waals surface area (Å²) < 4.78 is 1.95. The van der Waals surface area contributed by atoms with Gasteiger partial charge in [-0.05, 0) is 24.6 Å². The van der Waals surface area contributed by atoms with Crippen molar-refractivity contribution in [1.82, 2.24) is 14.5 Å². The highest BCUT2D eigenvalue weighted by atomic mass is 16.6. The first-order valence-corrected chi connectivity index (χ1v) is 7.93. The van der Waals surface area contributed by atoms with Crippen molar-refractivity contribution in [2.24, 2.45) is 7.05 Å². The van der Waals surface area contributed by atoms with Crippen LogP contribution in [0.3, 0.4) is 0 Å². The standard InChI is InChI=1S/C18H16N6O2/c1-9-3-4-10(7-14(9)24(25)26)12-8-13-15(17(19)22-18(20)21-13)11-5-6-23(2)16(11)12/h3-8H,1-2H3,(H4,19,20,21,22). The molecule has 0 bridgehead atoms. The molecule has 0 aliphatic carbocycles. The average molecular weight is 348 g/mol. The summed E-state index contributed by atoms with van der Waals surface area (Å²) in [6.07, 6.45) is 1.91.